The molecule has 0 aliphatic heterocycles. The quantitative estimate of drug-likeness (QED) is 0.208. The first-order valence-electron chi connectivity index (χ1n) is 12.6. The second-order valence-corrected chi connectivity index (χ2v) is 14.0. The summed E-state index contributed by atoms with van der Waals surface area (Å²) in [6.45, 7) is 0. The molecule has 0 fully saturated rings. The maximum absolute atomic E-state index is 6.67. The highest BCUT2D eigenvalue weighted by molar-refractivity contribution is 8.25. The number of hydrogen-bond acceptors (Lipinski definition) is 5. The van der Waals surface area contributed by atoms with Crippen LogP contribution in [0.5, 0.6) is 0 Å². The highest BCUT2D eigenvalue weighted by Gasteiger charge is 2.26. The molecule has 0 aliphatic rings. The first kappa shape index (κ1) is 22.5. The van der Waals surface area contributed by atoms with E-state index in [1.54, 1.807) is 6.33 Å². The molecule has 4 aromatic heterocycles. The van der Waals surface area contributed by atoms with E-state index in [1.807, 2.05) is 30.7 Å². The topological polar surface area (TPSA) is 56.0 Å². The Balaban J connectivity index is 1.44. The van der Waals surface area contributed by atoms with E-state index >= 15 is 0 Å². The Hall–Kier alpha value is -4.51. The second-order valence-electron chi connectivity index (χ2n) is 9.59. The fraction of sp³-hybridized carbons (Fsp3) is 0. The molecule has 4 heterocycles. The van der Waals surface area contributed by atoms with Gasteiger partial charge in [-0.3, -0.25) is 9.38 Å². The van der Waals surface area contributed by atoms with E-state index < -0.39 is 6.04 Å². The fourth-order valence-corrected chi connectivity index (χ4v) is 9.33. The summed E-state index contributed by atoms with van der Waals surface area (Å²) < 4.78 is 2.28. The van der Waals surface area contributed by atoms with Crippen LogP contribution in [0.25, 0.3) is 49.3 Å². The van der Waals surface area contributed by atoms with Crippen LogP contribution in [0.2, 0.25) is 0 Å². The zero-order valence-corrected chi connectivity index (χ0v) is 22.3. The van der Waals surface area contributed by atoms with Gasteiger partial charge in [-0.15, -0.1) is 0 Å². The Morgan fingerprint density at radius 1 is 0.615 bits per heavy atom. The van der Waals surface area contributed by atoms with E-state index in [9.17, 15) is 0 Å². The van der Waals surface area contributed by atoms with Crippen LogP contribution >= 0.6 is 6.04 Å². The molecular formula is C32H20N5PS. The third kappa shape index (κ3) is 3.29. The number of para-hydroxylation sites is 1. The molecule has 8 aromatic rings. The van der Waals surface area contributed by atoms with Crippen LogP contribution in [-0.4, -0.2) is 24.3 Å². The van der Waals surface area contributed by atoms with Gasteiger partial charge >= 0.3 is 0 Å². The number of pyridine rings is 2. The molecule has 5 nitrogen and oxygen atoms in total. The lowest BCUT2D eigenvalue weighted by molar-refractivity contribution is 1.22. The summed E-state index contributed by atoms with van der Waals surface area (Å²) in [4.78, 5) is 18.2. The van der Waals surface area contributed by atoms with Gasteiger partial charge < -0.3 is 0 Å². The normalized spacial score (nSPS) is 13.4. The highest BCUT2D eigenvalue weighted by Crippen LogP contribution is 2.44. The van der Waals surface area contributed by atoms with Gasteiger partial charge in [-0.2, -0.15) is 0 Å². The van der Waals surface area contributed by atoms with Crippen molar-refractivity contribution in [3.05, 3.63) is 122 Å². The van der Waals surface area contributed by atoms with E-state index in [0.29, 0.717) is 0 Å². The van der Waals surface area contributed by atoms with Gasteiger partial charge in [0, 0.05) is 40.8 Å². The van der Waals surface area contributed by atoms with E-state index in [0.717, 1.165) is 54.4 Å². The third-order valence-corrected chi connectivity index (χ3v) is 12.4. The zero-order valence-electron chi connectivity index (χ0n) is 20.6. The third-order valence-electron chi connectivity index (χ3n) is 7.49. The van der Waals surface area contributed by atoms with Crippen LogP contribution in [0, 0.1) is 0 Å². The maximum atomic E-state index is 6.67. The lowest BCUT2D eigenvalue weighted by Crippen LogP contribution is -2.25. The molecule has 184 valence electrons. The first-order chi connectivity index (χ1) is 19.2. The standard InChI is InChI=1S/C32H20N5PS/c39-38(22-13-15-33-16-14-22,23-10-9-21-19-34-20-35-28(21)17-23)24-11-12-31-29(18-24)36-32-27-7-2-1-5-25(27)26-6-3-4-8-30(26)37(31)32/h1-20H. The summed E-state index contributed by atoms with van der Waals surface area (Å²) in [6, 6.07) is 31.5. The molecule has 4 aromatic carbocycles. The number of imidazole rings is 1. The van der Waals surface area contributed by atoms with E-state index in [4.69, 9.17) is 16.8 Å². The number of fused-ring (bicyclic) bond motifs is 9. The molecule has 0 spiro atoms. The minimum atomic E-state index is -2.44. The van der Waals surface area contributed by atoms with Crippen molar-refractivity contribution in [1.29, 1.82) is 0 Å². The lowest BCUT2D eigenvalue weighted by atomic mass is 10.1. The van der Waals surface area contributed by atoms with Crippen LogP contribution in [0.15, 0.2) is 122 Å². The van der Waals surface area contributed by atoms with Crippen molar-refractivity contribution in [3.8, 4) is 0 Å². The van der Waals surface area contributed by atoms with Gasteiger partial charge in [0.1, 0.15) is 12.0 Å². The van der Waals surface area contributed by atoms with Gasteiger partial charge in [0.05, 0.1) is 22.1 Å². The minimum Gasteiger partial charge on any atom is -0.292 e. The van der Waals surface area contributed by atoms with Crippen molar-refractivity contribution in [1.82, 2.24) is 24.3 Å². The maximum Gasteiger partial charge on any atom is 0.146 e. The summed E-state index contributed by atoms with van der Waals surface area (Å²) in [6.07, 6.45) is 7.06. The first-order valence-corrected chi connectivity index (χ1v) is 15.5. The molecule has 0 bridgehead atoms. The van der Waals surface area contributed by atoms with Crippen molar-refractivity contribution in [2.75, 3.05) is 0 Å². The van der Waals surface area contributed by atoms with Crippen LogP contribution < -0.4 is 15.9 Å². The van der Waals surface area contributed by atoms with Gasteiger partial charge in [0.2, 0.25) is 0 Å². The van der Waals surface area contributed by atoms with Crippen molar-refractivity contribution in [3.63, 3.8) is 0 Å². The molecule has 0 radical (unpaired) electrons. The number of aromatic nitrogens is 5. The highest BCUT2D eigenvalue weighted by atomic mass is 32.4. The predicted octanol–water partition coefficient (Wildman–Crippen LogP) is 5.89. The summed E-state index contributed by atoms with van der Waals surface area (Å²) in [7, 11) is 0. The lowest BCUT2D eigenvalue weighted by Gasteiger charge is -2.24. The average molecular weight is 538 g/mol. The average Bonchev–Trinajstić information content (AvgIpc) is 3.40. The molecule has 7 heteroatoms. The predicted molar refractivity (Wildman–Crippen MR) is 165 cm³/mol. The Bertz CT molecular complexity index is 2280. The van der Waals surface area contributed by atoms with Crippen LogP contribution in [0.1, 0.15) is 0 Å². The van der Waals surface area contributed by atoms with Crippen LogP contribution in [0.4, 0.5) is 0 Å². The summed E-state index contributed by atoms with van der Waals surface area (Å²) in [5.74, 6) is 0. The molecule has 1 unspecified atom stereocenters. The van der Waals surface area contributed by atoms with Gasteiger partial charge in [-0.25, -0.2) is 15.0 Å². The van der Waals surface area contributed by atoms with Crippen LogP contribution in [0.3, 0.4) is 0 Å². The largest absolute Gasteiger partial charge is 0.292 e. The molecule has 0 amide bonds. The fourth-order valence-electron chi connectivity index (χ4n) is 5.66. The molecule has 39 heavy (non-hydrogen) atoms. The van der Waals surface area contributed by atoms with Gasteiger partial charge in [-0.05, 0) is 57.7 Å². The number of benzene rings is 4. The van der Waals surface area contributed by atoms with E-state index in [1.165, 1.54) is 10.8 Å². The van der Waals surface area contributed by atoms with Crippen molar-refractivity contribution in [2.45, 2.75) is 0 Å². The summed E-state index contributed by atoms with van der Waals surface area (Å²) in [5.41, 5.74) is 4.98. The molecular weight excluding hydrogens is 517 g/mol. The smallest absolute Gasteiger partial charge is 0.146 e. The van der Waals surface area contributed by atoms with Gasteiger partial charge in [0.25, 0.3) is 0 Å². The molecule has 0 N–H and O–H groups in total. The Labute approximate surface area is 228 Å². The van der Waals surface area contributed by atoms with E-state index in [-0.39, 0.29) is 0 Å². The Kier molecular flexibility index (Phi) is 4.90. The molecule has 1 atom stereocenters. The number of hydrogen-bond donors (Lipinski definition) is 0. The molecule has 0 aliphatic carbocycles. The van der Waals surface area contributed by atoms with Gasteiger partial charge in [-0.1, -0.05) is 72.5 Å². The minimum absolute atomic E-state index is 0.887. The zero-order chi connectivity index (χ0) is 26.0. The monoisotopic (exact) mass is 537 g/mol. The number of nitrogens with zero attached hydrogens (tertiary/aromatic N) is 5. The van der Waals surface area contributed by atoms with Crippen LogP contribution in [-0.2, 0) is 11.8 Å². The Morgan fingerprint density at radius 2 is 1.33 bits per heavy atom. The van der Waals surface area contributed by atoms with Gasteiger partial charge in [0.15, 0.2) is 0 Å². The van der Waals surface area contributed by atoms with E-state index in [2.05, 4.69) is 104 Å². The Morgan fingerprint density at radius 3 is 2.18 bits per heavy atom. The SMILES string of the molecule is S=P(c1ccncc1)(c1ccc2cncnc2c1)c1ccc2c(c1)nc1c3ccccc3c3ccccc3n21. The van der Waals surface area contributed by atoms with Crippen molar-refractivity contribution >= 4 is 83.0 Å². The molecule has 8 rings (SSSR count). The van der Waals surface area contributed by atoms with Crippen molar-refractivity contribution < 1.29 is 0 Å². The van der Waals surface area contributed by atoms with Crippen molar-refractivity contribution in [2.24, 2.45) is 0 Å². The summed E-state index contributed by atoms with van der Waals surface area (Å²) in [5, 5.41) is 7.79. The summed E-state index contributed by atoms with van der Waals surface area (Å²) >= 11 is 6.67. The molecule has 0 saturated carbocycles. The molecule has 0 saturated heterocycles. The number of rotatable bonds is 3. The second kappa shape index (κ2) is 8.50.